The highest BCUT2D eigenvalue weighted by molar-refractivity contribution is 5.73. The minimum atomic E-state index is 0.587. The van der Waals surface area contributed by atoms with E-state index in [1.807, 2.05) is 12.1 Å². The van der Waals surface area contributed by atoms with Crippen molar-refractivity contribution in [2.45, 2.75) is 12.8 Å². The molecule has 2 aliphatic rings. The van der Waals surface area contributed by atoms with E-state index in [-0.39, 0.29) is 0 Å². The Bertz CT molecular complexity index is 472. The van der Waals surface area contributed by atoms with Gasteiger partial charge in [-0.25, -0.2) is 0 Å². The third-order valence-corrected chi connectivity index (χ3v) is 3.98. The zero-order valence-corrected chi connectivity index (χ0v) is 11.9. The Morgan fingerprint density at radius 1 is 1.10 bits per heavy atom. The Labute approximate surface area is 119 Å². The molecule has 0 aliphatic carbocycles. The monoisotopic (exact) mass is 278 g/mol. The lowest BCUT2D eigenvalue weighted by Crippen LogP contribution is -2.30. The van der Waals surface area contributed by atoms with Gasteiger partial charge in [-0.15, -0.1) is 0 Å². The molecule has 0 radical (unpaired) electrons. The largest absolute Gasteiger partial charge is 0.486 e. The summed E-state index contributed by atoms with van der Waals surface area (Å²) in [6.45, 7) is 3.92. The second-order valence-electron chi connectivity index (χ2n) is 5.49. The Kier molecular flexibility index (Phi) is 3.87. The van der Waals surface area contributed by atoms with Gasteiger partial charge in [-0.2, -0.15) is 0 Å². The fraction of sp³-hybridized carbons (Fsp3) is 0.600. The van der Waals surface area contributed by atoms with Crippen molar-refractivity contribution in [2.75, 3.05) is 50.7 Å². The topological polar surface area (TPSA) is 57.0 Å². The van der Waals surface area contributed by atoms with Gasteiger partial charge in [-0.3, -0.25) is 0 Å². The number of hydrogen-bond acceptors (Lipinski definition) is 5. The third-order valence-electron chi connectivity index (χ3n) is 3.98. The molecular weight excluding hydrogens is 256 g/mol. The van der Waals surface area contributed by atoms with Crippen LogP contribution in [0.2, 0.25) is 0 Å². The Morgan fingerprint density at radius 2 is 1.75 bits per heavy atom. The van der Waals surface area contributed by atoms with Crippen LogP contribution in [0.5, 0.6) is 11.5 Å². The summed E-state index contributed by atoms with van der Waals surface area (Å²) >= 11 is 0. The van der Waals surface area contributed by atoms with E-state index in [2.05, 4.69) is 11.9 Å². The molecule has 3 rings (SSSR count). The zero-order valence-electron chi connectivity index (χ0n) is 11.9. The lowest BCUT2D eigenvalue weighted by Gasteiger charge is -2.30. The number of hydrogen-bond donors (Lipinski definition) is 1. The minimum absolute atomic E-state index is 0.587. The van der Waals surface area contributed by atoms with E-state index in [9.17, 15) is 0 Å². The van der Waals surface area contributed by atoms with Crippen LogP contribution in [0.1, 0.15) is 12.8 Å². The van der Waals surface area contributed by atoms with E-state index in [0.717, 1.165) is 55.5 Å². The summed E-state index contributed by atoms with van der Waals surface area (Å²) in [6.07, 6.45) is 2.24. The molecule has 0 aromatic heterocycles. The summed E-state index contributed by atoms with van der Waals surface area (Å²) in [7, 11) is 2.08. The fourth-order valence-corrected chi connectivity index (χ4v) is 2.84. The lowest BCUT2D eigenvalue weighted by atomic mass is 9.99. The quantitative estimate of drug-likeness (QED) is 0.856. The van der Waals surface area contributed by atoms with Gasteiger partial charge in [0.1, 0.15) is 13.2 Å². The number of nitrogens with two attached hydrogens (primary N) is 1. The molecule has 2 heterocycles. The highest BCUT2D eigenvalue weighted by Gasteiger charge is 2.20. The molecule has 110 valence electrons. The van der Waals surface area contributed by atoms with Gasteiger partial charge in [0.05, 0.1) is 11.4 Å². The number of anilines is 2. The summed E-state index contributed by atoms with van der Waals surface area (Å²) in [5, 5.41) is 0. The first kappa shape index (κ1) is 13.4. The Balaban J connectivity index is 1.74. The SMILES string of the molecule is CN(CC1CCOCC1)c1cc2c(cc1N)OCCO2. The van der Waals surface area contributed by atoms with E-state index in [4.69, 9.17) is 19.9 Å². The molecule has 2 aliphatic heterocycles. The lowest BCUT2D eigenvalue weighted by molar-refractivity contribution is 0.0685. The first-order valence-electron chi connectivity index (χ1n) is 7.22. The second-order valence-corrected chi connectivity index (χ2v) is 5.49. The minimum Gasteiger partial charge on any atom is -0.486 e. The molecule has 1 saturated heterocycles. The number of fused-ring (bicyclic) bond motifs is 1. The molecular formula is C15H22N2O3. The van der Waals surface area contributed by atoms with Crippen molar-refractivity contribution in [3.8, 4) is 11.5 Å². The molecule has 0 bridgehead atoms. The Hall–Kier alpha value is -1.62. The number of ether oxygens (including phenoxy) is 3. The second kappa shape index (κ2) is 5.79. The summed E-state index contributed by atoms with van der Waals surface area (Å²) < 4.78 is 16.6. The Morgan fingerprint density at radius 3 is 2.45 bits per heavy atom. The van der Waals surface area contributed by atoms with E-state index in [1.165, 1.54) is 0 Å². The number of benzene rings is 1. The van der Waals surface area contributed by atoms with Gasteiger partial charge in [0, 0.05) is 38.9 Å². The molecule has 5 heteroatoms. The van der Waals surface area contributed by atoms with Crippen LogP contribution in [-0.4, -0.2) is 40.0 Å². The van der Waals surface area contributed by atoms with Crippen LogP contribution in [0, 0.1) is 5.92 Å². The number of nitrogens with zero attached hydrogens (tertiary/aromatic N) is 1. The smallest absolute Gasteiger partial charge is 0.163 e. The molecule has 2 N–H and O–H groups in total. The third kappa shape index (κ3) is 2.77. The molecule has 5 nitrogen and oxygen atoms in total. The fourth-order valence-electron chi connectivity index (χ4n) is 2.84. The highest BCUT2D eigenvalue weighted by atomic mass is 16.6. The van der Waals surface area contributed by atoms with Crippen molar-refractivity contribution < 1.29 is 14.2 Å². The normalized spacial score (nSPS) is 18.9. The van der Waals surface area contributed by atoms with Gasteiger partial charge in [0.2, 0.25) is 0 Å². The van der Waals surface area contributed by atoms with Crippen LogP contribution in [-0.2, 0) is 4.74 Å². The predicted molar refractivity (Wildman–Crippen MR) is 78.7 cm³/mol. The maximum Gasteiger partial charge on any atom is 0.163 e. The van der Waals surface area contributed by atoms with Crippen LogP contribution >= 0.6 is 0 Å². The molecule has 20 heavy (non-hydrogen) atoms. The summed E-state index contributed by atoms with van der Waals surface area (Å²) in [4.78, 5) is 2.21. The van der Waals surface area contributed by atoms with Gasteiger partial charge in [-0.05, 0) is 18.8 Å². The van der Waals surface area contributed by atoms with Gasteiger partial charge >= 0.3 is 0 Å². The van der Waals surface area contributed by atoms with Crippen molar-refractivity contribution >= 4 is 11.4 Å². The average Bonchev–Trinajstić information content (AvgIpc) is 2.47. The molecule has 1 aromatic rings. The first-order valence-corrected chi connectivity index (χ1v) is 7.22. The van der Waals surface area contributed by atoms with Crippen LogP contribution in [0.25, 0.3) is 0 Å². The van der Waals surface area contributed by atoms with Gasteiger partial charge in [0.25, 0.3) is 0 Å². The van der Waals surface area contributed by atoms with E-state index in [0.29, 0.717) is 19.1 Å². The molecule has 0 unspecified atom stereocenters. The van der Waals surface area contributed by atoms with Crippen LogP contribution < -0.4 is 20.1 Å². The summed E-state index contributed by atoms with van der Waals surface area (Å²) in [6, 6.07) is 3.85. The van der Waals surface area contributed by atoms with Crippen molar-refractivity contribution in [1.82, 2.24) is 0 Å². The van der Waals surface area contributed by atoms with Crippen molar-refractivity contribution in [1.29, 1.82) is 0 Å². The van der Waals surface area contributed by atoms with Crippen molar-refractivity contribution in [2.24, 2.45) is 5.92 Å². The summed E-state index contributed by atoms with van der Waals surface area (Å²) in [5.74, 6) is 2.21. The van der Waals surface area contributed by atoms with Crippen LogP contribution in [0.3, 0.4) is 0 Å². The van der Waals surface area contributed by atoms with E-state index in [1.54, 1.807) is 0 Å². The molecule has 0 atom stereocenters. The van der Waals surface area contributed by atoms with Crippen LogP contribution in [0.4, 0.5) is 11.4 Å². The summed E-state index contributed by atoms with van der Waals surface area (Å²) in [5.41, 5.74) is 7.90. The first-order chi connectivity index (χ1) is 9.74. The van der Waals surface area contributed by atoms with Gasteiger partial charge < -0.3 is 24.8 Å². The van der Waals surface area contributed by atoms with Crippen LogP contribution in [0.15, 0.2) is 12.1 Å². The number of nitrogen functional groups attached to an aromatic ring is 1. The molecule has 1 aromatic carbocycles. The van der Waals surface area contributed by atoms with E-state index >= 15 is 0 Å². The van der Waals surface area contributed by atoms with Gasteiger partial charge in [-0.1, -0.05) is 0 Å². The standard InChI is InChI=1S/C15H22N2O3/c1-17(10-11-2-4-18-5-3-11)13-9-15-14(8-12(13)16)19-6-7-20-15/h8-9,11H,2-7,10,16H2,1H3. The van der Waals surface area contributed by atoms with Crippen molar-refractivity contribution in [3.63, 3.8) is 0 Å². The molecule has 0 amide bonds. The van der Waals surface area contributed by atoms with E-state index < -0.39 is 0 Å². The van der Waals surface area contributed by atoms with Gasteiger partial charge in [0.15, 0.2) is 11.5 Å². The molecule has 1 fully saturated rings. The maximum atomic E-state index is 6.15. The van der Waals surface area contributed by atoms with Crippen molar-refractivity contribution in [3.05, 3.63) is 12.1 Å². The number of rotatable bonds is 3. The molecule has 0 spiro atoms. The average molecular weight is 278 g/mol. The molecule has 0 saturated carbocycles. The highest BCUT2D eigenvalue weighted by Crippen LogP contribution is 2.38. The predicted octanol–water partition coefficient (Wildman–Crippen LogP) is 1.90. The maximum absolute atomic E-state index is 6.15. The zero-order chi connectivity index (χ0) is 13.9.